The summed E-state index contributed by atoms with van der Waals surface area (Å²) in [6.07, 6.45) is 1.08. The fraction of sp³-hybridized carbons (Fsp3) is 0.500. The third-order valence-electron chi connectivity index (χ3n) is 2.59. The van der Waals surface area contributed by atoms with E-state index in [0.717, 1.165) is 13.0 Å². The van der Waals surface area contributed by atoms with E-state index in [1.54, 1.807) is 6.07 Å². The number of halogens is 3. The van der Waals surface area contributed by atoms with Gasteiger partial charge >= 0.3 is 0 Å². The Hall–Kier alpha value is -0.220. The van der Waals surface area contributed by atoms with Crippen LogP contribution < -0.4 is 5.32 Å². The largest absolute Gasteiger partial charge is 0.376 e. The minimum Gasteiger partial charge on any atom is -0.376 e. The number of rotatable bonds is 2. The highest BCUT2D eigenvalue weighted by Gasteiger charge is 2.25. The highest BCUT2D eigenvalue weighted by atomic mass is 35.5. The lowest BCUT2D eigenvalue weighted by Crippen LogP contribution is -2.27. The number of hydrogen-bond acceptors (Lipinski definition) is 3. The predicted octanol–water partition coefficient (Wildman–Crippen LogP) is 3.63. The highest BCUT2D eigenvalue weighted by Crippen LogP contribution is 2.30. The molecular weight excluding hydrogens is 270 g/mol. The number of ether oxygens (including phenoxy) is 1. The molecule has 0 spiro atoms. The smallest absolute Gasteiger partial charge is 0.150 e. The van der Waals surface area contributed by atoms with Crippen LogP contribution in [0.1, 0.15) is 13.3 Å². The summed E-state index contributed by atoms with van der Waals surface area (Å²) in [5.74, 6) is 0.554. The molecule has 2 atom stereocenters. The standard InChI is InChI=1S/C10H11Cl3N2O/c1-5-8(2-3-16-5)14-10-7(12)4-6(11)9(13)15-10/h4-5,8H,2-3H2,1H3,(H,14,15). The minimum atomic E-state index is 0.146. The molecule has 0 aromatic carbocycles. The van der Waals surface area contributed by atoms with E-state index < -0.39 is 0 Å². The second-order valence-corrected chi connectivity index (χ2v) is 4.88. The zero-order chi connectivity index (χ0) is 11.7. The van der Waals surface area contributed by atoms with E-state index in [1.165, 1.54) is 0 Å². The first kappa shape index (κ1) is 12.2. The van der Waals surface area contributed by atoms with Gasteiger partial charge in [-0.3, -0.25) is 0 Å². The van der Waals surface area contributed by atoms with Crippen molar-refractivity contribution in [1.29, 1.82) is 0 Å². The molecule has 1 saturated heterocycles. The van der Waals surface area contributed by atoms with Gasteiger partial charge in [0.2, 0.25) is 0 Å². The van der Waals surface area contributed by atoms with E-state index in [2.05, 4.69) is 10.3 Å². The van der Waals surface area contributed by atoms with Crippen LogP contribution in [0.25, 0.3) is 0 Å². The lowest BCUT2D eigenvalue weighted by Gasteiger charge is -2.17. The first-order chi connectivity index (χ1) is 7.58. The molecule has 2 heterocycles. The van der Waals surface area contributed by atoms with Crippen LogP contribution >= 0.6 is 34.8 Å². The second kappa shape index (κ2) is 4.96. The lowest BCUT2D eigenvalue weighted by atomic mass is 10.1. The molecule has 1 fully saturated rings. The Bertz CT molecular complexity index is 400. The van der Waals surface area contributed by atoms with Gasteiger partial charge in [-0.15, -0.1) is 0 Å². The van der Waals surface area contributed by atoms with E-state index in [-0.39, 0.29) is 17.3 Å². The van der Waals surface area contributed by atoms with Crippen molar-refractivity contribution in [3.63, 3.8) is 0 Å². The zero-order valence-corrected chi connectivity index (χ0v) is 10.9. The van der Waals surface area contributed by atoms with Crippen molar-refractivity contribution in [2.24, 2.45) is 0 Å². The van der Waals surface area contributed by atoms with Gasteiger partial charge in [-0.1, -0.05) is 34.8 Å². The Labute approximate surface area is 109 Å². The Morgan fingerprint density at radius 3 is 2.75 bits per heavy atom. The first-order valence-corrected chi connectivity index (χ1v) is 6.11. The van der Waals surface area contributed by atoms with Gasteiger partial charge in [0.05, 0.1) is 22.2 Å². The lowest BCUT2D eigenvalue weighted by molar-refractivity contribution is 0.121. The maximum atomic E-state index is 6.02. The van der Waals surface area contributed by atoms with Crippen molar-refractivity contribution in [3.8, 4) is 0 Å². The predicted molar refractivity (Wildman–Crippen MR) is 66.7 cm³/mol. The van der Waals surface area contributed by atoms with Crippen molar-refractivity contribution in [2.75, 3.05) is 11.9 Å². The molecule has 0 bridgehead atoms. The number of aromatic nitrogens is 1. The molecule has 1 aliphatic heterocycles. The molecule has 1 N–H and O–H groups in total. The number of anilines is 1. The summed E-state index contributed by atoms with van der Waals surface area (Å²) in [5, 5.41) is 4.29. The third kappa shape index (κ3) is 2.54. The van der Waals surface area contributed by atoms with Gasteiger partial charge in [-0.2, -0.15) is 0 Å². The van der Waals surface area contributed by atoms with Crippen LogP contribution in [0.2, 0.25) is 15.2 Å². The molecule has 2 unspecified atom stereocenters. The summed E-state index contributed by atoms with van der Waals surface area (Å²) in [7, 11) is 0. The molecule has 1 aliphatic rings. The van der Waals surface area contributed by atoms with Gasteiger partial charge in [0.25, 0.3) is 0 Å². The molecule has 6 heteroatoms. The molecule has 2 rings (SSSR count). The van der Waals surface area contributed by atoms with E-state index in [0.29, 0.717) is 15.9 Å². The first-order valence-electron chi connectivity index (χ1n) is 4.97. The fourth-order valence-electron chi connectivity index (χ4n) is 1.64. The van der Waals surface area contributed by atoms with Gasteiger partial charge in [0.1, 0.15) is 11.0 Å². The van der Waals surface area contributed by atoms with Crippen LogP contribution in [-0.4, -0.2) is 23.7 Å². The topological polar surface area (TPSA) is 34.1 Å². The molecule has 3 nitrogen and oxygen atoms in total. The van der Waals surface area contributed by atoms with Crippen LogP contribution in [0, 0.1) is 0 Å². The molecule has 0 amide bonds. The minimum absolute atomic E-state index is 0.146. The van der Waals surface area contributed by atoms with Crippen molar-refractivity contribution < 1.29 is 4.74 Å². The maximum absolute atomic E-state index is 6.02. The van der Waals surface area contributed by atoms with Crippen molar-refractivity contribution in [3.05, 3.63) is 21.3 Å². The number of nitrogens with one attached hydrogen (secondary N) is 1. The van der Waals surface area contributed by atoms with E-state index in [9.17, 15) is 0 Å². The number of pyridine rings is 1. The SMILES string of the molecule is CC1OCCC1Nc1nc(Cl)c(Cl)cc1Cl. The normalized spacial score (nSPS) is 24.8. The van der Waals surface area contributed by atoms with Gasteiger partial charge in [0, 0.05) is 6.61 Å². The monoisotopic (exact) mass is 280 g/mol. The molecule has 0 saturated carbocycles. The molecular formula is C10H11Cl3N2O. The fourth-order valence-corrected chi connectivity index (χ4v) is 2.19. The highest BCUT2D eigenvalue weighted by molar-refractivity contribution is 6.42. The van der Waals surface area contributed by atoms with Crippen molar-refractivity contribution >= 4 is 40.6 Å². The average Bonchev–Trinajstić information content (AvgIpc) is 2.61. The molecule has 16 heavy (non-hydrogen) atoms. The zero-order valence-electron chi connectivity index (χ0n) is 8.64. The summed E-state index contributed by atoms with van der Waals surface area (Å²) in [6.45, 7) is 2.76. The molecule has 0 aliphatic carbocycles. The van der Waals surface area contributed by atoms with Gasteiger partial charge in [0.15, 0.2) is 0 Å². The molecule has 1 aromatic heterocycles. The molecule has 88 valence electrons. The average molecular weight is 282 g/mol. The summed E-state index contributed by atoms with van der Waals surface area (Å²) in [6, 6.07) is 1.79. The summed E-state index contributed by atoms with van der Waals surface area (Å²) in [5.41, 5.74) is 0. The van der Waals surface area contributed by atoms with E-state index >= 15 is 0 Å². The van der Waals surface area contributed by atoms with Crippen molar-refractivity contribution in [1.82, 2.24) is 4.98 Å². The molecule has 0 radical (unpaired) electrons. The summed E-state index contributed by atoms with van der Waals surface area (Å²) in [4.78, 5) is 4.11. The Balaban J connectivity index is 2.18. The Kier molecular flexibility index (Phi) is 3.80. The molecule has 1 aromatic rings. The van der Waals surface area contributed by atoms with Crippen LogP contribution in [0.4, 0.5) is 5.82 Å². The van der Waals surface area contributed by atoms with Gasteiger partial charge in [-0.25, -0.2) is 4.98 Å². The summed E-state index contributed by atoms with van der Waals surface area (Å²) >= 11 is 17.7. The van der Waals surface area contributed by atoms with Gasteiger partial charge < -0.3 is 10.1 Å². The van der Waals surface area contributed by atoms with Crippen LogP contribution in [0.3, 0.4) is 0 Å². The van der Waals surface area contributed by atoms with Crippen LogP contribution in [-0.2, 0) is 4.74 Å². The summed E-state index contributed by atoms with van der Waals surface area (Å²) < 4.78 is 5.44. The van der Waals surface area contributed by atoms with E-state index in [4.69, 9.17) is 39.5 Å². The second-order valence-electron chi connectivity index (χ2n) is 3.71. The van der Waals surface area contributed by atoms with Crippen molar-refractivity contribution in [2.45, 2.75) is 25.5 Å². The number of nitrogens with zero attached hydrogens (tertiary/aromatic N) is 1. The quantitative estimate of drug-likeness (QED) is 0.841. The maximum Gasteiger partial charge on any atom is 0.150 e. The van der Waals surface area contributed by atoms with Crippen LogP contribution in [0.15, 0.2) is 6.07 Å². The van der Waals surface area contributed by atoms with Gasteiger partial charge in [-0.05, 0) is 19.4 Å². The Morgan fingerprint density at radius 1 is 1.38 bits per heavy atom. The Morgan fingerprint density at radius 2 is 2.12 bits per heavy atom. The number of hydrogen-bond donors (Lipinski definition) is 1. The van der Waals surface area contributed by atoms with E-state index in [1.807, 2.05) is 6.92 Å². The van der Waals surface area contributed by atoms with Crippen LogP contribution in [0.5, 0.6) is 0 Å². The third-order valence-corrected chi connectivity index (χ3v) is 3.55.